The Morgan fingerprint density at radius 1 is 1.38 bits per heavy atom. The van der Waals surface area contributed by atoms with Gasteiger partial charge in [-0.05, 0) is 24.6 Å². The van der Waals surface area contributed by atoms with Crippen LogP contribution >= 0.6 is 12.4 Å². The van der Waals surface area contributed by atoms with E-state index in [1.165, 1.54) is 12.1 Å². The van der Waals surface area contributed by atoms with Crippen LogP contribution in [0.5, 0.6) is 5.75 Å². The number of hydrogen-bond acceptors (Lipinski definition) is 3. The lowest BCUT2D eigenvalue weighted by Crippen LogP contribution is -2.12. The van der Waals surface area contributed by atoms with E-state index in [1.807, 2.05) is 0 Å². The van der Waals surface area contributed by atoms with Crippen molar-refractivity contribution in [3.8, 4) is 5.75 Å². The van der Waals surface area contributed by atoms with Gasteiger partial charge in [0.1, 0.15) is 10.6 Å². The van der Waals surface area contributed by atoms with Gasteiger partial charge in [0.25, 0.3) is 0 Å². The fourth-order valence-corrected chi connectivity index (χ4v) is 1.48. The molecule has 0 aliphatic heterocycles. The number of rotatable bonds is 1. The van der Waals surface area contributed by atoms with Crippen LogP contribution < -0.4 is 5.14 Å². The lowest BCUT2D eigenvalue weighted by molar-refractivity contribution is 0.458. The Morgan fingerprint density at radius 3 is 2.31 bits per heavy atom. The van der Waals surface area contributed by atoms with E-state index in [0.29, 0.717) is 0 Å². The first kappa shape index (κ1) is 12.2. The minimum absolute atomic E-state index is 0. The molecule has 1 rings (SSSR count). The van der Waals surface area contributed by atoms with Gasteiger partial charge in [-0.25, -0.2) is 13.6 Å². The Balaban J connectivity index is 0.00000144. The number of hydrogen-bond donors (Lipinski definition) is 2. The lowest BCUT2D eigenvalue weighted by atomic mass is 10.2. The molecule has 0 fully saturated rings. The van der Waals surface area contributed by atoms with Crippen molar-refractivity contribution in [1.29, 1.82) is 0 Å². The molecule has 4 nitrogen and oxygen atoms in total. The van der Waals surface area contributed by atoms with Gasteiger partial charge in [0.2, 0.25) is 10.0 Å². The highest BCUT2D eigenvalue weighted by Gasteiger charge is 2.12. The molecule has 0 aliphatic rings. The molecule has 1 aromatic rings. The third kappa shape index (κ3) is 2.87. The Morgan fingerprint density at radius 2 is 1.92 bits per heavy atom. The molecule has 0 bridgehead atoms. The Bertz CT molecular complexity index is 402. The van der Waals surface area contributed by atoms with Crippen LogP contribution in [0.3, 0.4) is 0 Å². The molecule has 0 radical (unpaired) electrons. The van der Waals surface area contributed by atoms with Crippen molar-refractivity contribution in [3.63, 3.8) is 0 Å². The molecule has 0 amide bonds. The molecule has 0 heterocycles. The molecule has 0 saturated heterocycles. The largest absolute Gasteiger partial charge is 0.507 e. The third-order valence-corrected chi connectivity index (χ3v) is 2.38. The molecule has 0 aromatic heterocycles. The minimum atomic E-state index is -3.80. The number of nitrogens with two attached hydrogens (primary N) is 1. The number of benzene rings is 1. The summed E-state index contributed by atoms with van der Waals surface area (Å²) in [6.45, 7) is 1.74. The maximum Gasteiger partial charge on any atom is 0.241 e. The minimum Gasteiger partial charge on any atom is -0.507 e. The van der Waals surface area contributed by atoms with E-state index in [9.17, 15) is 8.42 Å². The first-order chi connectivity index (χ1) is 5.41. The summed E-state index contributed by atoms with van der Waals surface area (Å²) >= 11 is 0. The Labute approximate surface area is 82.8 Å². The zero-order chi connectivity index (χ0) is 9.35. The number of phenolic OH excluding ortho intramolecular Hbond substituents is 1. The molecule has 1 aromatic carbocycles. The van der Waals surface area contributed by atoms with Crippen molar-refractivity contribution in [2.45, 2.75) is 11.8 Å². The van der Waals surface area contributed by atoms with Crippen molar-refractivity contribution in [3.05, 3.63) is 23.8 Å². The second kappa shape index (κ2) is 3.95. The number of primary sulfonamides is 1. The fourth-order valence-electron chi connectivity index (χ4n) is 0.868. The summed E-state index contributed by atoms with van der Waals surface area (Å²) in [4.78, 5) is -0.242. The van der Waals surface area contributed by atoms with Crippen LogP contribution in [0.4, 0.5) is 0 Å². The first-order valence-electron chi connectivity index (χ1n) is 3.23. The zero-order valence-electron chi connectivity index (χ0n) is 6.89. The average Bonchev–Trinajstić information content (AvgIpc) is 1.83. The van der Waals surface area contributed by atoms with Crippen molar-refractivity contribution >= 4 is 22.4 Å². The fraction of sp³-hybridized carbons (Fsp3) is 0.143. The van der Waals surface area contributed by atoms with Crippen molar-refractivity contribution in [1.82, 2.24) is 0 Å². The van der Waals surface area contributed by atoms with Crippen LogP contribution in [-0.4, -0.2) is 13.5 Å². The van der Waals surface area contributed by atoms with Gasteiger partial charge in [-0.1, -0.05) is 6.07 Å². The van der Waals surface area contributed by atoms with Gasteiger partial charge < -0.3 is 5.11 Å². The summed E-state index contributed by atoms with van der Waals surface area (Å²) in [5.74, 6) is -0.308. The quantitative estimate of drug-likeness (QED) is 0.738. The molecule has 0 unspecified atom stereocenters. The second-order valence-corrected chi connectivity index (χ2v) is 4.05. The van der Waals surface area contributed by atoms with E-state index in [0.717, 1.165) is 5.56 Å². The summed E-state index contributed by atoms with van der Waals surface area (Å²) in [5.41, 5.74) is 0.778. The predicted molar refractivity (Wildman–Crippen MR) is 51.5 cm³/mol. The number of phenols is 1. The highest BCUT2D eigenvalue weighted by molar-refractivity contribution is 7.89. The van der Waals surface area contributed by atoms with Crippen molar-refractivity contribution in [2.24, 2.45) is 5.14 Å². The van der Waals surface area contributed by atoms with Gasteiger partial charge in [-0.2, -0.15) is 0 Å². The second-order valence-electron chi connectivity index (χ2n) is 2.52. The van der Waals surface area contributed by atoms with Crippen molar-refractivity contribution in [2.75, 3.05) is 0 Å². The number of aromatic hydroxyl groups is 1. The van der Waals surface area contributed by atoms with Gasteiger partial charge in [0, 0.05) is 0 Å². The first-order valence-corrected chi connectivity index (χ1v) is 4.78. The van der Waals surface area contributed by atoms with Crippen LogP contribution in [0.2, 0.25) is 0 Å². The average molecular weight is 224 g/mol. The topological polar surface area (TPSA) is 80.4 Å². The standard InChI is InChI=1S/C7H9NO3S.ClH/c1-5-2-3-7(6(9)4-5)12(8,10)11;/h2-4,9H,1H3,(H2,8,10,11);1H. The maximum atomic E-state index is 10.8. The van der Waals surface area contributed by atoms with E-state index in [1.54, 1.807) is 13.0 Å². The normalized spacial score (nSPS) is 10.6. The smallest absolute Gasteiger partial charge is 0.241 e. The predicted octanol–water partition coefficient (Wildman–Crippen LogP) is 0.770. The monoisotopic (exact) mass is 223 g/mol. The van der Waals surface area contributed by atoms with E-state index in [4.69, 9.17) is 10.2 Å². The summed E-state index contributed by atoms with van der Waals surface area (Å²) in [5, 5.41) is 14.0. The molecule has 3 N–H and O–H groups in total. The SMILES string of the molecule is Cc1ccc(S(N)(=O)=O)c(O)c1.Cl. The molecule has 0 saturated carbocycles. The lowest BCUT2D eigenvalue weighted by Gasteiger charge is -2.01. The highest BCUT2D eigenvalue weighted by atomic mass is 35.5. The molecular formula is C7H10ClNO3S. The summed E-state index contributed by atoms with van der Waals surface area (Å²) < 4.78 is 21.6. The molecule has 0 aliphatic carbocycles. The Kier molecular flexibility index (Phi) is 3.71. The Hall–Kier alpha value is -0.780. The number of sulfonamides is 1. The van der Waals surface area contributed by atoms with Crippen LogP contribution in [0.15, 0.2) is 23.1 Å². The summed E-state index contributed by atoms with van der Waals surface area (Å²) in [6.07, 6.45) is 0. The van der Waals surface area contributed by atoms with Gasteiger partial charge >= 0.3 is 0 Å². The summed E-state index contributed by atoms with van der Waals surface area (Å²) in [6, 6.07) is 4.19. The summed E-state index contributed by atoms with van der Waals surface area (Å²) in [7, 11) is -3.80. The van der Waals surface area contributed by atoms with Crippen LogP contribution in [-0.2, 0) is 10.0 Å². The van der Waals surface area contributed by atoms with Gasteiger partial charge in [-0.3, -0.25) is 0 Å². The molecule has 0 atom stereocenters. The van der Waals surface area contributed by atoms with Crippen LogP contribution in [0.25, 0.3) is 0 Å². The van der Waals surface area contributed by atoms with Gasteiger partial charge in [-0.15, -0.1) is 12.4 Å². The molecule has 74 valence electrons. The van der Waals surface area contributed by atoms with Crippen LogP contribution in [0, 0.1) is 6.92 Å². The molecule has 6 heteroatoms. The number of halogens is 1. The van der Waals surface area contributed by atoms with Crippen molar-refractivity contribution < 1.29 is 13.5 Å². The zero-order valence-corrected chi connectivity index (χ0v) is 8.52. The van der Waals surface area contributed by atoms with E-state index in [-0.39, 0.29) is 23.1 Å². The van der Waals surface area contributed by atoms with Gasteiger partial charge in [0.15, 0.2) is 0 Å². The third-order valence-electron chi connectivity index (χ3n) is 1.42. The molecule has 13 heavy (non-hydrogen) atoms. The highest BCUT2D eigenvalue weighted by Crippen LogP contribution is 2.21. The van der Waals surface area contributed by atoms with E-state index >= 15 is 0 Å². The van der Waals surface area contributed by atoms with E-state index in [2.05, 4.69) is 0 Å². The molecule has 0 spiro atoms. The van der Waals surface area contributed by atoms with Crippen LogP contribution in [0.1, 0.15) is 5.56 Å². The molecular weight excluding hydrogens is 214 g/mol. The number of aryl methyl sites for hydroxylation is 1. The van der Waals surface area contributed by atoms with Gasteiger partial charge in [0.05, 0.1) is 0 Å². The van der Waals surface area contributed by atoms with E-state index < -0.39 is 10.0 Å². The maximum absolute atomic E-state index is 10.8.